The predicted molar refractivity (Wildman–Crippen MR) is 131 cm³/mol. The van der Waals surface area contributed by atoms with E-state index in [-0.39, 0.29) is 19.5 Å². The minimum absolute atomic E-state index is 0. The van der Waals surface area contributed by atoms with E-state index in [1.54, 1.807) is 0 Å². The number of nitrogens with zero attached hydrogens (tertiary/aromatic N) is 2. The van der Waals surface area contributed by atoms with Gasteiger partial charge >= 0.3 is 19.5 Å². The van der Waals surface area contributed by atoms with Crippen LogP contribution in [0.2, 0.25) is 0 Å². The van der Waals surface area contributed by atoms with Crippen LogP contribution in [0.15, 0.2) is 117 Å². The van der Waals surface area contributed by atoms with Crippen molar-refractivity contribution in [3.8, 4) is 11.1 Å². The van der Waals surface area contributed by atoms with Gasteiger partial charge in [0.25, 0.3) is 0 Å². The third-order valence-corrected chi connectivity index (χ3v) is 5.37. The molecule has 0 atom stereocenters. The average Bonchev–Trinajstić information content (AvgIpc) is 2.78. The fourth-order valence-corrected chi connectivity index (χ4v) is 3.48. The van der Waals surface area contributed by atoms with Crippen LogP contribution < -0.4 is 0 Å². The van der Waals surface area contributed by atoms with Crippen LogP contribution in [0.3, 0.4) is 0 Å². The molecule has 0 bridgehead atoms. The number of para-hydroxylation sites is 2. The van der Waals surface area contributed by atoms with E-state index in [0.717, 1.165) is 43.4 Å². The largest absolute Gasteiger partial charge is 2.00 e. The smallest absolute Gasteiger partial charge is 0.779 e. The first-order valence-electron chi connectivity index (χ1n) is 9.51. The molecule has 0 unspecified atom stereocenters. The Morgan fingerprint density at radius 2 is 0.839 bits per heavy atom. The molecule has 4 rings (SSSR count). The molecular weight excluding hydrogens is 470 g/mol. The average molecular weight is 488 g/mol. The summed E-state index contributed by atoms with van der Waals surface area (Å²) in [5, 5.41) is 0. The van der Waals surface area contributed by atoms with E-state index in [0.29, 0.717) is 0 Å². The van der Waals surface area contributed by atoms with E-state index in [1.165, 1.54) is 0 Å². The zero-order chi connectivity index (χ0) is 20.8. The van der Waals surface area contributed by atoms with E-state index >= 15 is 0 Å². The third-order valence-electron chi connectivity index (χ3n) is 4.62. The summed E-state index contributed by atoms with van der Waals surface area (Å²) in [6.45, 7) is 0. The number of aliphatic imine (C=N–C) groups is 2. The maximum Gasteiger partial charge on any atom is 2.00 e. The number of benzene rings is 4. The second kappa shape index (κ2) is 11.1. The molecular formula is C26H18N2S2Zn. The summed E-state index contributed by atoms with van der Waals surface area (Å²) in [6, 6.07) is 31.6. The molecule has 0 saturated carbocycles. The van der Waals surface area contributed by atoms with Gasteiger partial charge in [-0.2, -0.15) is 9.79 Å². The van der Waals surface area contributed by atoms with Crippen molar-refractivity contribution in [3.05, 3.63) is 108 Å². The SMILES string of the molecule is [S-]c1ccccc1C=Nc1ccccc1-c1ccccc1N=Cc1ccccc1[S-].[Zn+2]. The second-order valence-corrected chi connectivity index (χ2v) is 7.51. The van der Waals surface area contributed by atoms with Crippen LogP contribution >= 0.6 is 0 Å². The molecule has 0 N–H and O–H groups in total. The first-order chi connectivity index (χ1) is 14.7. The Kier molecular flexibility index (Phi) is 8.19. The van der Waals surface area contributed by atoms with E-state index in [4.69, 9.17) is 35.2 Å². The Hall–Kier alpha value is -2.72. The standard InChI is InChI=1S/C26H20N2S2.Zn/c29-25-15-7-1-9-19(25)17-27-23-13-5-3-11-21(23)22-12-4-6-14-24(22)28-18-20-10-2-8-16-26(20)30;/h1-18,29-30H;/q;+2/p-2. The van der Waals surface area contributed by atoms with Gasteiger partial charge in [-0.1, -0.05) is 84.9 Å². The van der Waals surface area contributed by atoms with E-state index in [2.05, 4.69) is 12.1 Å². The molecule has 5 heteroatoms. The molecule has 0 fully saturated rings. The summed E-state index contributed by atoms with van der Waals surface area (Å²) in [7, 11) is 0. The van der Waals surface area contributed by atoms with Crippen molar-refractivity contribution in [2.24, 2.45) is 9.98 Å². The van der Waals surface area contributed by atoms with Crippen molar-refractivity contribution in [1.29, 1.82) is 0 Å². The number of rotatable bonds is 5. The van der Waals surface area contributed by atoms with E-state index in [9.17, 15) is 0 Å². The van der Waals surface area contributed by atoms with Gasteiger partial charge in [0.2, 0.25) is 0 Å². The molecule has 0 aliphatic carbocycles. The van der Waals surface area contributed by atoms with Crippen molar-refractivity contribution in [3.63, 3.8) is 0 Å². The van der Waals surface area contributed by atoms with Gasteiger partial charge in [0.05, 0.1) is 11.4 Å². The molecule has 146 valence electrons. The molecule has 0 aliphatic heterocycles. The summed E-state index contributed by atoms with van der Waals surface area (Å²) in [5.41, 5.74) is 5.60. The molecule has 31 heavy (non-hydrogen) atoms. The van der Waals surface area contributed by atoms with Crippen LogP contribution in [-0.4, -0.2) is 12.4 Å². The first-order valence-corrected chi connectivity index (χ1v) is 10.3. The van der Waals surface area contributed by atoms with Crippen molar-refractivity contribution in [2.45, 2.75) is 9.79 Å². The maximum atomic E-state index is 5.39. The van der Waals surface area contributed by atoms with E-state index < -0.39 is 0 Å². The van der Waals surface area contributed by atoms with Gasteiger partial charge in [-0.25, -0.2) is 0 Å². The van der Waals surface area contributed by atoms with Gasteiger partial charge in [0.15, 0.2) is 0 Å². The van der Waals surface area contributed by atoms with Crippen molar-refractivity contribution in [2.75, 3.05) is 0 Å². The van der Waals surface area contributed by atoms with Crippen molar-refractivity contribution >= 4 is 49.1 Å². The van der Waals surface area contributed by atoms with Crippen LogP contribution in [0, 0.1) is 0 Å². The molecule has 0 radical (unpaired) electrons. The second-order valence-electron chi connectivity index (χ2n) is 6.63. The Morgan fingerprint density at radius 3 is 1.26 bits per heavy atom. The van der Waals surface area contributed by atoms with Gasteiger partial charge in [0.1, 0.15) is 0 Å². The van der Waals surface area contributed by atoms with Gasteiger partial charge in [0, 0.05) is 23.6 Å². The Morgan fingerprint density at radius 1 is 0.484 bits per heavy atom. The van der Waals surface area contributed by atoms with Gasteiger partial charge < -0.3 is 25.3 Å². The first kappa shape index (κ1) is 23.0. The van der Waals surface area contributed by atoms with Crippen LogP contribution in [0.25, 0.3) is 11.1 Å². The predicted octanol–water partition coefficient (Wildman–Crippen LogP) is 6.66. The summed E-state index contributed by atoms with van der Waals surface area (Å²) in [4.78, 5) is 11.0. The summed E-state index contributed by atoms with van der Waals surface area (Å²) < 4.78 is 0. The van der Waals surface area contributed by atoms with Crippen molar-refractivity contribution < 1.29 is 19.5 Å². The fraction of sp³-hybridized carbons (Fsp3) is 0. The minimum atomic E-state index is 0. The van der Waals surface area contributed by atoms with Crippen LogP contribution in [0.4, 0.5) is 11.4 Å². The van der Waals surface area contributed by atoms with Crippen molar-refractivity contribution in [1.82, 2.24) is 0 Å². The van der Waals surface area contributed by atoms with Crippen LogP contribution in [0.5, 0.6) is 0 Å². The minimum Gasteiger partial charge on any atom is -0.779 e. The van der Waals surface area contributed by atoms with Crippen LogP contribution in [0.1, 0.15) is 11.1 Å². The molecule has 0 amide bonds. The number of hydrogen-bond acceptors (Lipinski definition) is 4. The van der Waals surface area contributed by atoms with Gasteiger partial charge in [-0.15, -0.1) is 0 Å². The normalized spacial score (nSPS) is 11.0. The van der Waals surface area contributed by atoms with E-state index in [1.807, 2.05) is 97.4 Å². The topological polar surface area (TPSA) is 24.7 Å². The molecule has 0 saturated heterocycles. The molecule has 4 aromatic rings. The summed E-state index contributed by atoms with van der Waals surface area (Å²) in [6.07, 6.45) is 3.64. The molecule has 0 heterocycles. The van der Waals surface area contributed by atoms with Gasteiger partial charge in [-0.05, 0) is 23.3 Å². The molecule has 4 aromatic carbocycles. The molecule has 0 spiro atoms. The molecule has 0 aliphatic rings. The monoisotopic (exact) mass is 486 g/mol. The van der Waals surface area contributed by atoms with Crippen LogP contribution in [-0.2, 0) is 44.7 Å². The Bertz CT molecular complexity index is 1140. The maximum absolute atomic E-state index is 5.39. The fourth-order valence-electron chi connectivity index (χ4n) is 3.08. The number of hydrogen-bond donors (Lipinski definition) is 0. The van der Waals surface area contributed by atoms with Gasteiger partial charge in [-0.3, -0.25) is 9.98 Å². The Labute approximate surface area is 206 Å². The Balaban J connectivity index is 0.00000272. The zero-order valence-electron chi connectivity index (χ0n) is 16.8. The third kappa shape index (κ3) is 5.71. The quantitative estimate of drug-likeness (QED) is 0.178. The summed E-state index contributed by atoms with van der Waals surface area (Å²) in [5.74, 6) is 0. The zero-order valence-corrected chi connectivity index (χ0v) is 21.4. The molecule has 0 aromatic heterocycles. The summed E-state index contributed by atoms with van der Waals surface area (Å²) >= 11 is 10.8. The molecule has 2 nitrogen and oxygen atoms in total.